The van der Waals surface area contributed by atoms with Gasteiger partial charge in [0.15, 0.2) is 0 Å². The van der Waals surface area contributed by atoms with Crippen molar-refractivity contribution in [3.8, 4) is 0 Å². The van der Waals surface area contributed by atoms with Gasteiger partial charge in [0.1, 0.15) is 0 Å². The third-order valence-electron chi connectivity index (χ3n) is 3.48. The quantitative estimate of drug-likeness (QED) is 0.657. The number of piperazine rings is 1. The zero-order valence-electron chi connectivity index (χ0n) is 11.2. The average Bonchev–Trinajstić information content (AvgIpc) is 2.50. The molecule has 7 heteroatoms. The molecular weight excluding hydrogens is 292 g/mol. The molecule has 4 N–H and O–H groups in total. The predicted molar refractivity (Wildman–Crippen MR) is 82.9 cm³/mol. The lowest BCUT2D eigenvalue weighted by Gasteiger charge is -2.23. The number of aromatic amines is 1. The Morgan fingerprint density at radius 2 is 2.19 bits per heavy atom. The molecule has 0 radical (unpaired) electrons. The van der Waals surface area contributed by atoms with E-state index >= 15 is 0 Å². The molecule has 1 amide bonds. The molecule has 3 rings (SSSR count). The molecule has 1 aromatic carbocycles. The maximum absolute atomic E-state index is 12.2. The minimum Gasteiger partial charge on any atom is -0.329 e. The molecule has 0 aliphatic carbocycles. The zero-order valence-corrected chi connectivity index (χ0v) is 12.0. The Bertz CT molecular complexity index is 737. The van der Waals surface area contributed by atoms with Crippen LogP contribution in [0.5, 0.6) is 0 Å². The monoisotopic (exact) mass is 306 g/mol. The van der Waals surface area contributed by atoms with Gasteiger partial charge in [-0.1, -0.05) is 11.6 Å². The van der Waals surface area contributed by atoms with E-state index in [9.17, 15) is 9.59 Å². The summed E-state index contributed by atoms with van der Waals surface area (Å²) < 4.78 is 0. The third kappa shape index (κ3) is 2.92. The number of H-pyrrole nitrogens is 1. The summed E-state index contributed by atoms with van der Waals surface area (Å²) in [5.74, 6) is -0.145. The highest BCUT2D eigenvalue weighted by atomic mass is 35.5. The number of pyridine rings is 1. The second-order valence-corrected chi connectivity index (χ2v) is 5.33. The molecule has 0 bridgehead atoms. The van der Waals surface area contributed by atoms with Crippen LogP contribution in [0.25, 0.3) is 10.8 Å². The van der Waals surface area contributed by atoms with Gasteiger partial charge in [-0.15, -0.1) is 0 Å². The fourth-order valence-corrected chi connectivity index (χ4v) is 2.57. The predicted octanol–water partition coefficient (Wildman–Crippen LogP) is 0.681. The molecule has 6 nitrogen and oxygen atoms in total. The first-order valence-electron chi connectivity index (χ1n) is 6.71. The van der Waals surface area contributed by atoms with E-state index in [0.29, 0.717) is 22.6 Å². The number of nitrogens with one attached hydrogen (secondary N) is 4. The summed E-state index contributed by atoms with van der Waals surface area (Å²) in [5, 5.41) is 10.7. The van der Waals surface area contributed by atoms with Gasteiger partial charge < -0.3 is 20.9 Å². The number of amides is 1. The summed E-state index contributed by atoms with van der Waals surface area (Å²) in [6, 6.07) is 4.76. The summed E-state index contributed by atoms with van der Waals surface area (Å²) in [7, 11) is 0. The van der Waals surface area contributed by atoms with Gasteiger partial charge in [-0.3, -0.25) is 9.59 Å². The van der Waals surface area contributed by atoms with Gasteiger partial charge in [0.25, 0.3) is 5.56 Å². The van der Waals surface area contributed by atoms with Crippen LogP contribution in [-0.2, 0) is 4.79 Å². The zero-order chi connectivity index (χ0) is 14.8. The standard InChI is InChI=1S/C14H15ClN4O2/c15-10-6-9-8(1-2-18-13(9)20)5-11(10)19-14(21)12-7-16-3-4-17-12/h1-2,5-6,12,16-17H,3-4,7H2,(H,18,20)(H,19,21). The van der Waals surface area contributed by atoms with Crippen LogP contribution in [0.2, 0.25) is 5.02 Å². The molecule has 1 aromatic heterocycles. The second kappa shape index (κ2) is 5.85. The van der Waals surface area contributed by atoms with E-state index < -0.39 is 0 Å². The normalized spacial score (nSPS) is 18.6. The number of aromatic nitrogens is 1. The highest BCUT2D eigenvalue weighted by molar-refractivity contribution is 6.34. The van der Waals surface area contributed by atoms with Crippen LogP contribution in [0.3, 0.4) is 0 Å². The fourth-order valence-electron chi connectivity index (χ4n) is 2.36. The lowest BCUT2D eigenvalue weighted by Crippen LogP contribution is -2.54. The van der Waals surface area contributed by atoms with Gasteiger partial charge in [-0.05, 0) is 23.6 Å². The maximum atomic E-state index is 12.2. The Labute approximate surface area is 125 Å². The molecule has 110 valence electrons. The molecule has 1 unspecified atom stereocenters. The van der Waals surface area contributed by atoms with Crippen molar-refractivity contribution in [1.29, 1.82) is 0 Å². The van der Waals surface area contributed by atoms with Gasteiger partial charge in [-0.2, -0.15) is 0 Å². The minimum absolute atomic E-state index is 0.145. The smallest absolute Gasteiger partial charge is 0.255 e. The lowest BCUT2D eigenvalue weighted by atomic mass is 10.1. The Morgan fingerprint density at radius 3 is 2.95 bits per heavy atom. The molecular formula is C14H15ClN4O2. The number of hydrogen-bond acceptors (Lipinski definition) is 4. The van der Waals surface area contributed by atoms with Crippen LogP contribution in [-0.4, -0.2) is 36.6 Å². The highest BCUT2D eigenvalue weighted by Crippen LogP contribution is 2.26. The van der Waals surface area contributed by atoms with Gasteiger partial charge in [-0.25, -0.2) is 0 Å². The summed E-state index contributed by atoms with van der Waals surface area (Å²) in [6.07, 6.45) is 1.57. The summed E-state index contributed by atoms with van der Waals surface area (Å²) in [5.41, 5.74) is 0.303. The lowest BCUT2D eigenvalue weighted by molar-refractivity contribution is -0.118. The number of carbonyl (C=O) groups is 1. The topological polar surface area (TPSA) is 86.0 Å². The van der Waals surface area contributed by atoms with Crippen LogP contribution in [0.1, 0.15) is 0 Å². The summed E-state index contributed by atoms with van der Waals surface area (Å²) in [4.78, 5) is 26.5. The Morgan fingerprint density at radius 1 is 1.33 bits per heavy atom. The number of carbonyl (C=O) groups excluding carboxylic acids is 1. The van der Waals surface area contributed by atoms with E-state index in [1.165, 1.54) is 0 Å². The number of hydrogen-bond donors (Lipinski definition) is 4. The van der Waals surface area contributed by atoms with Crippen molar-refractivity contribution in [2.24, 2.45) is 0 Å². The van der Waals surface area contributed by atoms with Crippen molar-refractivity contribution < 1.29 is 4.79 Å². The summed E-state index contributed by atoms with van der Waals surface area (Å²) >= 11 is 6.15. The van der Waals surface area contributed by atoms with Crippen LogP contribution >= 0.6 is 11.6 Å². The van der Waals surface area contributed by atoms with Gasteiger partial charge in [0.05, 0.1) is 16.8 Å². The number of benzene rings is 1. The molecule has 0 saturated carbocycles. The van der Waals surface area contributed by atoms with Crippen molar-refractivity contribution in [2.75, 3.05) is 25.0 Å². The van der Waals surface area contributed by atoms with E-state index in [1.807, 2.05) is 0 Å². The van der Waals surface area contributed by atoms with Crippen molar-refractivity contribution in [1.82, 2.24) is 15.6 Å². The Kier molecular flexibility index (Phi) is 3.92. The number of rotatable bonds is 2. The molecule has 2 aromatic rings. The molecule has 1 atom stereocenters. The van der Waals surface area contributed by atoms with Crippen molar-refractivity contribution >= 4 is 34.0 Å². The SMILES string of the molecule is O=C(Nc1cc2cc[nH]c(=O)c2cc1Cl)C1CNCCN1. The van der Waals surface area contributed by atoms with E-state index in [-0.39, 0.29) is 17.5 Å². The number of anilines is 1. The van der Waals surface area contributed by atoms with E-state index in [4.69, 9.17) is 11.6 Å². The van der Waals surface area contributed by atoms with Crippen LogP contribution in [0.4, 0.5) is 5.69 Å². The fraction of sp³-hybridized carbons (Fsp3) is 0.286. The molecule has 1 aliphatic heterocycles. The first-order chi connectivity index (χ1) is 10.1. The van der Waals surface area contributed by atoms with Crippen molar-refractivity contribution in [3.05, 3.63) is 39.8 Å². The van der Waals surface area contributed by atoms with Crippen LogP contribution in [0, 0.1) is 0 Å². The van der Waals surface area contributed by atoms with Crippen LogP contribution < -0.4 is 21.5 Å². The Balaban J connectivity index is 1.88. The summed E-state index contributed by atoms with van der Waals surface area (Å²) in [6.45, 7) is 2.18. The van der Waals surface area contributed by atoms with Gasteiger partial charge >= 0.3 is 0 Å². The van der Waals surface area contributed by atoms with E-state index in [0.717, 1.165) is 18.5 Å². The molecule has 21 heavy (non-hydrogen) atoms. The third-order valence-corrected chi connectivity index (χ3v) is 3.79. The van der Waals surface area contributed by atoms with Crippen molar-refractivity contribution in [3.63, 3.8) is 0 Å². The highest BCUT2D eigenvalue weighted by Gasteiger charge is 2.21. The molecule has 0 spiro atoms. The van der Waals surface area contributed by atoms with Crippen molar-refractivity contribution in [2.45, 2.75) is 6.04 Å². The minimum atomic E-state index is -0.287. The molecule has 1 fully saturated rings. The number of fused-ring (bicyclic) bond motifs is 1. The van der Waals surface area contributed by atoms with E-state index in [1.54, 1.807) is 24.4 Å². The van der Waals surface area contributed by atoms with Crippen LogP contribution in [0.15, 0.2) is 29.2 Å². The van der Waals surface area contributed by atoms with E-state index in [2.05, 4.69) is 20.9 Å². The second-order valence-electron chi connectivity index (χ2n) is 4.93. The number of halogens is 1. The molecule has 1 aliphatic rings. The van der Waals surface area contributed by atoms with Gasteiger partial charge in [0, 0.05) is 31.2 Å². The first-order valence-corrected chi connectivity index (χ1v) is 7.09. The average molecular weight is 307 g/mol. The molecule has 1 saturated heterocycles. The first kappa shape index (κ1) is 14.1. The maximum Gasteiger partial charge on any atom is 0.255 e. The Hall–Kier alpha value is -1.89. The molecule has 2 heterocycles. The largest absolute Gasteiger partial charge is 0.329 e. The van der Waals surface area contributed by atoms with Gasteiger partial charge in [0.2, 0.25) is 5.91 Å².